The van der Waals surface area contributed by atoms with Crippen LogP contribution in [-0.2, 0) is 14.8 Å². The van der Waals surface area contributed by atoms with Crippen LogP contribution in [-0.4, -0.2) is 51.5 Å². The number of sulfonamides is 1. The maximum absolute atomic E-state index is 13.9. The zero-order valence-electron chi connectivity index (χ0n) is 13.0. The molecular formula is C15H21FN2O4S. The van der Waals surface area contributed by atoms with Gasteiger partial charge in [0.15, 0.2) is 0 Å². The van der Waals surface area contributed by atoms with Crippen molar-refractivity contribution in [2.75, 3.05) is 32.8 Å². The molecular weight excluding hydrogens is 323 g/mol. The van der Waals surface area contributed by atoms with Crippen LogP contribution in [0.15, 0.2) is 23.1 Å². The van der Waals surface area contributed by atoms with E-state index in [1.165, 1.54) is 10.4 Å². The summed E-state index contributed by atoms with van der Waals surface area (Å²) in [6.45, 7) is 3.54. The maximum Gasteiger partial charge on any atom is 0.254 e. The van der Waals surface area contributed by atoms with Gasteiger partial charge in [0.25, 0.3) is 5.91 Å². The monoisotopic (exact) mass is 344 g/mol. The normalized spacial score (nSPS) is 16.3. The van der Waals surface area contributed by atoms with Crippen molar-refractivity contribution in [2.45, 2.75) is 24.7 Å². The first kappa shape index (κ1) is 17.8. The minimum Gasteiger partial charge on any atom is -0.379 e. The Hall–Kier alpha value is -1.51. The first-order valence-corrected chi connectivity index (χ1v) is 9.06. The van der Waals surface area contributed by atoms with Gasteiger partial charge in [-0.25, -0.2) is 12.8 Å². The molecule has 0 aliphatic carbocycles. The third-order valence-corrected chi connectivity index (χ3v) is 5.50. The molecule has 1 saturated heterocycles. The Morgan fingerprint density at radius 1 is 1.35 bits per heavy atom. The fourth-order valence-corrected chi connectivity index (χ4v) is 3.68. The van der Waals surface area contributed by atoms with E-state index < -0.39 is 21.7 Å². The number of benzene rings is 1. The number of ether oxygens (including phenoxy) is 1. The lowest BCUT2D eigenvalue weighted by Gasteiger charge is -2.26. The van der Waals surface area contributed by atoms with Crippen LogP contribution in [0.5, 0.6) is 0 Å². The van der Waals surface area contributed by atoms with Crippen LogP contribution in [0, 0.1) is 5.82 Å². The average Bonchev–Trinajstić information content (AvgIpc) is 2.56. The van der Waals surface area contributed by atoms with E-state index in [0.717, 1.165) is 25.0 Å². The predicted octanol–water partition coefficient (Wildman–Crippen LogP) is 1.38. The molecule has 0 bridgehead atoms. The molecule has 0 radical (unpaired) electrons. The van der Waals surface area contributed by atoms with Gasteiger partial charge in [0.1, 0.15) is 5.82 Å². The van der Waals surface area contributed by atoms with E-state index in [0.29, 0.717) is 19.8 Å². The van der Waals surface area contributed by atoms with E-state index in [4.69, 9.17) is 4.74 Å². The molecule has 1 aliphatic rings. The highest BCUT2D eigenvalue weighted by molar-refractivity contribution is 7.89. The highest BCUT2D eigenvalue weighted by Gasteiger charge is 2.27. The van der Waals surface area contributed by atoms with Crippen LogP contribution in [0.2, 0.25) is 0 Å². The lowest BCUT2D eigenvalue weighted by molar-refractivity contribution is 0.0730. The number of hydrogen-bond donors (Lipinski definition) is 1. The highest BCUT2D eigenvalue weighted by Crippen LogP contribution is 2.20. The van der Waals surface area contributed by atoms with Crippen LogP contribution in [0.4, 0.5) is 4.39 Å². The van der Waals surface area contributed by atoms with Crippen molar-refractivity contribution in [3.63, 3.8) is 0 Å². The van der Waals surface area contributed by atoms with Gasteiger partial charge in [0, 0.05) is 19.6 Å². The van der Waals surface area contributed by atoms with E-state index in [9.17, 15) is 17.6 Å². The zero-order valence-corrected chi connectivity index (χ0v) is 13.9. The summed E-state index contributed by atoms with van der Waals surface area (Å²) in [6.07, 6.45) is 1.67. The Bertz CT molecular complexity index is 657. The summed E-state index contributed by atoms with van der Waals surface area (Å²) in [6, 6.07) is 3.30. The molecule has 1 amide bonds. The number of morpholine rings is 1. The molecule has 8 heteroatoms. The number of nitrogens with one attached hydrogen (secondary N) is 1. The molecule has 128 valence electrons. The number of unbranched alkanes of at least 4 members (excludes halogenated alkanes) is 1. The van der Waals surface area contributed by atoms with Gasteiger partial charge in [-0.05, 0) is 24.6 Å². The molecule has 1 aromatic rings. The molecule has 6 nitrogen and oxygen atoms in total. The van der Waals surface area contributed by atoms with Crippen LogP contribution in [0.3, 0.4) is 0 Å². The fraction of sp³-hybridized carbons (Fsp3) is 0.533. The number of amides is 1. The SMILES string of the molecule is CCCCNC(=O)c1cc(S(=O)(=O)N2CCOCC2)ccc1F. The molecule has 0 unspecified atom stereocenters. The van der Waals surface area contributed by atoms with Gasteiger partial charge in [-0.1, -0.05) is 13.3 Å². The standard InChI is InChI=1S/C15H21FN2O4S/c1-2-3-6-17-15(19)13-11-12(4-5-14(13)16)23(20,21)18-7-9-22-10-8-18/h4-5,11H,2-3,6-10H2,1H3,(H,17,19). The lowest BCUT2D eigenvalue weighted by Crippen LogP contribution is -2.40. The molecule has 0 saturated carbocycles. The van der Waals surface area contributed by atoms with Crippen LogP contribution in [0.25, 0.3) is 0 Å². The molecule has 1 aromatic carbocycles. The first-order chi connectivity index (χ1) is 11.0. The largest absolute Gasteiger partial charge is 0.379 e. The van der Waals surface area contributed by atoms with E-state index in [-0.39, 0.29) is 23.5 Å². The van der Waals surface area contributed by atoms with E-state index in [1.807, 2.05) is 6.92 Å². The second-order valence-electron chi connectivity index (χ2n) is 5.27. The second-order valence-corrected chi connectivity index (χ2v) is 7.21. The molecule has 1 aliphatic heterocycles. The number of hydrogen-bond acceptors (Lipinski definition) is 4. The Kier molecular flexibility index (Phi) is 6.09. The van der Waals surface area contributed by atoms with Crippen molar-refractivity contribution in [3.8, 4) is 0 Å². The van der Waals surface area contributed by atoms with Crippen molar-refractivity contribution in [1.29, 1.82) is 0 Å². The molecule has 1 heterocycles. The summed E-state index contributed by atoms with van der Waals surface area (Å²) in [5, 5.41) is 2.59. The van der Waals surface area contributed by atoms with Gasteiger partial charge < -0.3 is 10.1 Å². The first-order valence-electron chi connectivity index (χ1n) is 7.62. The van der Waals surface area contributed by atoms with E-state index in [2.05, 4.69) is 5.32 Å². The molecule has 23 heavy (non-hydrogen) atoms. The fourth-order valence-electron chi connectivity index (χ4n) is 2.25. The second kappa shape index (κ2) is 7.85. The molecule has 1 N–H and O–H groups in total. The van der Waals surface area contributed by atoms with Crippen LogP contribution >= 0.6 is 0 Å². The van der Waals surface area contributed by atoms with Crippen molar-refractivity contribution >= 4 is 15.9 Å². The highest BCUT2D eigenvalue weighted by atomic mass is 32.2. The predicted molar refractivity (Wildman–Crippen MR) is 83.2 cm³/mol. The quantitative estimate of drug-likeness (QED) is 0.791. The summed E-state index contributed by atoms with van der Waals surface area (Å²) >= 11 is 0. The molecule has 2 rings (SSSR count). The summed E-state index contributed by atoms with van der Waals surface area (Å²) in [4.78, 5) is 11.9. The number of carbonyl (C=O) groups is 1. The van der Waals surface area contributed by atoms with Gasteiger partial charge in [0.2, 0.25) is 10.0 Å². The number of rotatable bonds is 6. The third kappa shape index (κ3) is 4.27. The van der Waals surface area contributed by atoms with Gasteiger partial charge in [0.05, 0.1) is 23.7 Å². The molecule has 0 aromatic heterocycles. The van der Waals surface area contributed by atoms with Crippen molar-refractivity contribution in [1.82, 2.24) is 9.62 Å². The number of carbonyl (C=O) groups excluding carboxylic acids is 1. The Morgan fingerprint density at radius 3 is 2.70 bits per heavy atom. The summed E-state index contributed by atoms with van der Waals surface area (Å²) < 4.78 is 45.4. The molecule has 0 spiro atoms. The van der Waals surface area contributed by atoms with Gasteiger partial charge in [-0.2, -0.15) is 4.31 Å². The van der Waals surface area contributed by atoms with Crippen molar-refractivity contribution in [2.24, 2.45) is 0 Å². The van der Waals surface area contributed by atoms with Gasteiger partial charge in [-0.3, -0.25) is 4.79 Å². The minimum absolute atomic E-state index is 0.0820. The lowest BCUT2D eigenvalue weighted by atomic mass is 10.2. The summed E-state index contributed by atoms with van der Waals surface area (Å²) in [7, 11) is -3.75. The number of halogens is 1. The van der Waals surface area contributed by atoms with Crippen LogP contribution in [0.1, 0.15) is 30.1 Å². The summed E-state index contributed by atoms with van der Waals surface area (Å²) in [5.74, 6) is -1.34. The van der Waals surface area contributed by atoms with E-state index in [1.54, 1.807) is 0 Å². The number of nitrogens with zero attached hydrogens (tertiary/aromatic N) is 1. The minimum atomic E-state index is -3.75. The Morgan fingerprint density at radius 2 is 2.04 bits per heavy atom. The topological polar surface area (TPSA) is 75.7 Å². The van der Waals surface area contributed by atoms with Crippen molar-refractivity contribution in [3.05, 3.63) is 29.6 Å². The molecule has 0 atom stereocenters. The maximum atomic E-state index is 13.9. The Balaban J connectivity index is 2.23. The smallest absolute Gasteiger partial charge is 0.254 e. The van der Waals surface area contributed by atoms with E-state index >= 15 is 0 Å². The Labute approximate surface area is 135 Å². The molecule has 1 fully saturated rings. The summed E-state index contributed by atoms with van der Waals surface area (Å²) in [5.41, 5.74) is -0.254. The van der Waals surface area contributed by atoms with Crippen LogP contribution < -0.4 is 5.32 Å². The third-order valence-electron chi connectivity index (χ3n) is 3.61. The van der Waals surface area contributed by atoms with Gasteiger partial charge >= 0.3 is 0 Å². The zero-order chi connectivity index (χ0) is 16.9. The van der Waals surface area contributed by atoms with Crippen molar-refractivity contribution < 1.29 is 22.3 Å². The van der Waals surface area contributed by atoms with Gasteiger partial charge in [-0.15, -0.1) is 0 Å². The average molecular weight is 344 g/mol.